The van der Waals surface area contributed by atoms with E-state index in [1.54, 1.807) is 0 Å². The average Bonchev–Trinajstić information content (AvgIpc) is 3.08. The number of carbonyl (C=O) groups is 1. The molecule has 1 atom stereocenters. The van der Waals surface area contributed by atoms with E-state index in [0.717, 1.165) is 28.4 Å². The fourth-order valence-electron chi connectivity index (χ4n) is 2.87. The second-order valence-electron chi connectivity index (χ2n) is 6.67. The number of amides is 1. The molecule has 26 heavy (non-hydrogen) atoms. The van der Waals surface area contributed by atoms with Gasteiger partial charge < -0.3 is 10.3 Å². The summed E-state index contributed by atoms with van der Waals surface area (Å²) in [6.45, 7) is 6.32. The smallest absolute Gasteiger partial charge is 0.251 e. The first kappa shape index (κ1) is 18.5. The van der Waals surface area contributed by atoms with Gasteiger partial charge >= 0.3 is 0 Å². The monoisotopic (exact) mass is 367 g/mol. The molecule has 1 unspecified atom stereocenters. The van der Waals surface area contributed by atoms with E-state index in [-0.39, 0.29) is 17.9 Å². The van der Waals surface area contributed by atoms with E-state index in [1.165, 1.54) is 5.56 Å². The lowest BCUT2D eigenvalue weighted by molar-refractivity contribution is 0.0923. The normalized spacial score (nSPS) is 12.5. The van der Waals surface area contributed by atoms with Gasteiger partial charge in [-0.05, 0) is 41.5 Å². The maximum atomic E-state index is 12.7. The van der Waals surface area contributed by atoms with Crippen molar-refractivity contribution in [3.05, 3.63) is 65.5 Å². The number of rotatable bonds is 7. The van der Waals surface area contributed by atoms with Crippen LogP contribution in [-0.4, -0.2) is 21.6 Å². The number of nitrogens with zero attached hydrogens (tertiary/aromatic N) is 1. The van der Waals surface area contributed by atoms with Crippen molar-refractivity contribution in [3.8, 4) is 0 Å². The minimum atomic E-state index is -0.162. The highest BCUT2D eigenvalue weighted by Gasteiger charge is 2.22. The van der Waals surface area contributed by atoms with Gasteiger partial charge in [0, 0.05) is 11.3 Å². The van der Waals surface area contributed by atoms with E-state index < -0.39 is 0 Å². The summed E-state index contributed by atoms with van der Waals surface area (Å²) < 4.78 is 0. The number of carbonyl (C=O) groups excluding carboxylic acids is 1. The molecule has 136 valence electrons. The Balaban J connectivity index is 1.76. The maximum absolute atomic E-state index is 12.7. The summed E-state index contributed by atoms with van der Waals surface area (Å²) in [7, 11) is 0. The molecule has 0 aliphatic heterocycles. The quantitative estimate of drug-likeness (QED) is 0.622. The molecule has 2 aromatic carbocycles. The van der Waals surface area contributed by atoms with E-state index in [4.69, 9.17) is 0 Å². The molecule has 0 radical (unpaired) electrons. The van der Waals surface area contributed by atoms with Crippen LogP contribution in [0.25, 0.3) is 11.0 Å². The van der Waals surface area contributed by atoms with E-state index in [9.17, 15) is 4.79 Å². The lowest BCUT2D eigenvalue weighted by Crippen LogP contribution is -2.32. The molecule has 1 amide bonds. The molecule has 0 saturated heterocycles. The van der Waals surface area contributed by atoms with E-state index in [2.05, 4.69) is 36.1 Å². The first-order valence-corrected chi connectivity index (χ1v) is 10.2. The highest BCUT2D eigenvalue weighted by molar-refractivity contribution is 7.98. The van der Waals surface area contributed by atoms with Crippen LogP contribution in [0.2, 0.25) is 0 Å². The number of aromatic nitrogens is 2. The minimum absolute atomic E-state index is 0.0705. The van der Waals surface area contributed by atoms with Crippen molar-refractivity contribution in [1.82, 2.24) is 15.3 Å². The van der Waals surface area contributed by atoms with Gasteiger partial charge in [0.25, 0.3) is 5.91 Å². The predicted molar refractivity (Wildman–Crippen MR) is 109 cm³/mol. The Morgan fingerprint density at radius 1 is 1.15 bits per heavy atom. The van der Waals surface area contributed by atoms with Crippen LogP contribution in [0, 0.1) is 5.92 Å². The third kappa shape index (κ3) is 4.28. The Kier molecular flexibility index (Phi) is 5.99. The third-order valence-electron chi connectivity index (χ3n) is 4.34. The second-order valence-corrected chi connectivity index (χ2v) is 7.94. The van der Waals surface area contributed by atoms with Gasteiger partial charge in [0.2, 0.25) is 0 Å². The fourth-order valence-corrected chi connectivity index (χ4v) is 3.50. The van der Waals surface area contributed by atoms with Crippen LogP contribution in [-0.2, 0) is 5.75 Å². The van der Waals surface area contributed by atoms with Gasteiger partial charge in [-0.15, -0.1) is 0 Å². The zero-order valence-corrected chi connectivity index (χ0v) is 16.3. The highest BCUT2D eigenvalue weighted by Crippen LogP contribution is 2.23. The van der Waals surface area contributed by atoms with Crippen LogP contribution in [0.5, 0.6) is 0 Å². The Bertz CT molecular complexity index is 837. The van der Waals surface area contributed by atoms with Crippen molar-refractivity contribution >= 4 is 28.7 Å². The zero-order chi connectivity index (χ0) is 18.5. The van der Waals surface area contributed by atoms with Gasteiger partial charge in [0.05, 0.1) is 17.1 Å². The number of nitrogens with one attached hydrogen (secondary N) is 2. The van der Waals surface area contributed by atoms with Gasteiger partial charge in [0.1, 0.15) is 5.82 Å². The molecule has 5 heteroatoms. The van der Waals surface area contributed by atoms with Crippen molar-refractivity contribution in [3.63, 3.8) is 0 Å². The van der Waals surface area contributed by atoms with Crippen LogP contribution >= 0.6 is 11.8 Å². The molecule has 3 aromatic rings. The van der Waals surface area contributed by atoms with Crippen molar-refractivity contribution in [2.24, 2.45) is 5.92 Å². The van der Waals surface area contributed by atoms with Crippen LogP contribution in [0.4, 0.5) is 0 Å². The Labute approximate surface area is 158 Å². The van der Waals surface area contributed by atoms with Gasteiger partial charge in [-0.2, -0.15) is 11.8 Å². The summed E-state index contributed by atoms with van der Waals surface area (Å²) in [6.07, 6.45) is 0. The van der Waals surface area contributed by atoms with Crippen molar-refractivity contribution in [2.75, 3.05) is 5.75 Å². The number of hydrogen-bond acceptors (Lipinski definition) is 3. The minimum Gasteiger partial charge on any atom is -0.342 e. The molecule has 0 aliphatic carbocycles. The topological polar surface area (TPSA) is 57.8 Å². The summed E-state index contributed by atoms with van der Waals surface area (Å²) >= 11 is 1.88. The molecule has 0 saturated carbocycles. The van der Waals surface area contributed by atoms with Crippen molar-refractivity contribution in [2.45, 2.75) is 32.6 Å². The molecule has 0 bridgehead atoms. The average molecular weight is 368 g/mol. The number of benzene rings is 2. The molecule has 1 heterocycles. The number of aromatic amines is 1. The fraction of sp³-hybridized carbons (Fsp3) is 0.333. The number of H-pyrrole nitrogens is 1. The van der Waals surface area contributed by atoms with Gasteiger partial charge in [-0.3, -0.25) is 4.79 Å². The van der Waals surface area contributed by atoms with Gasteiger partial charge in [0.15, 0.2) is 0 Å². The Morgan fingerprint density at radius 3 is 2.54 bits per heavy atom. The van der Waals surface area contributed by atoms with Crippen LogP contribution in [0.3, 0.4) is 0 Å². The third-order valence-corrected chi connectivity index (χ3v) is 5.29. The molecule has 3 rings (SSSR count). The maximum Gasteiger partial charge on any atom is 0.251 e. The molecule has 0 fully saturated rings. The number of fused-ring (bicyclic) bond motifs is 1. The summed E-state index contributed by atoms with van der Waals surface area (Å²) in [4.78, 5) is 20.7. The van der Waals surface area contributed by atoms with Crippen LogP contribution in [0.15, 0.2) is 48.5 Å². The van der Waals surface area contributed by atoms with Gasteiger partial charge in [-0.1, -0.05) is 45.0 Å². The van der Waals surface area contributed by atoms with Crippen LogP contribution < -0.4 is 5.32 Å². The lowest BCUT2D eigenvalue weighted by atomic mass is 10.0. The summed E-state index contributed by atoms with van der Waals surface area (Å²) in [5.74, 6) is 3.02. The van der Waals surface area contributed by atoms with E-state index in [0.29, 0.717) is 5.56 Å². The Hall–Kier alpha value is -2.27. The molecule has 0 aliphatic rings. The number of para-hydroxylation sites is 2. The number of imidazole rings is 1. The highest BCUT2D eigenvalue weighted by atomic mass is 32.2. The summed E-state index contributed by atoms with van der Waals surface area (Å²) in [5, 5.41) is 3.13. The molecule has 4 nitrogen and oxygen atoms in total. The standard InChI is InChI=1S/C21H25N3OS/c1-4-26-13-15-9-11-16(12-10-15)21(25)24-19(14(2)3)20-22-17-7-5-6-8-18(17)23-20/h5-12,14,19H,4,13H2,1-3H3,(H,22,23)(H,24,25). The summed E-state index contributed by atoms with van der Waals surface area (Å²) in [5.41, 5.74) is 3.82. The molecular formula is C21H25N3OS. The molecular weight excluding hydrogens is 342 g/mol. The molecule has 0 spiro atoms. The lowest BCUT2D eigenvalue weighted by Gasteiger charge is -2.20. The Morgan fingerprint density at radius 2 is 1.88 bits per heavy atom. The van der Waals surface area contributed by atoms with Gasteiger partial charge in [-0.25, -0.2) is 4.98 Å². The predicted octanol–water partition coefficient (Wildman–Crippen LogP) is 4.94. The first-order valence-electron chi connectivity index (χ1n) is 9.00. The number of hydrogen-bond donors (Lipinski definition) is 2. The van der Waals surface area contributed by atoms with Crippen LogP contribution in [0.1, 0.15) is 48.6 Å². The van der Waals surface area contributed by atoms with E-state index >= 15 is 0 Å². The largest absolute Gasteiger partial charge is 0.342 e. The first-order chi connectivity index (χ1) is 12.6. The van der Waals surface area contributed by atoms with Crippen molar-refractivity contribution < 1.29 is 4.79 Å². The van der Waals surface area contributed by atoms with E-state index in [1.807, 2.05) is 60.3 Å². The summed E-state index contributed by atoms with van der Waals surface area (Å²) in [6, 6.07) is 15.6. The number of thioether (sulfide) groups is 1. The molecule has 1 aromatic heterocycles. The SMILES string of the molecule is CCSCc1ccc(C(=O)NC(c2nc3ccccc3[nH]2)C(C)C)cc1. The molecule has 2 N–H and O–H groups in total. The second kappa shape index (κ2) is 8.41. The van der Waals surface area contributed by atoms with Crippen molar-refractivity contribution in [1.29, 1.82) is 0 Å². The zero-order valence-electron chi connectivity index (χ0n) is 15.5.